The molecular weight excluding hydrogens is 255 g/mol. The Morgan fingerprint density at radius 1 is 1.24 bits per heavy atom. The molecule has 1 heterocycles. The third-order valence-electron chi connectivity index (χ3n) is 2.24. The lowest BCUT2D eigenvalue weighted by Crippen LogP contribution is -2.08. The zero-order chi connectivity index (χ0) is 12.6. The van der Waals surface area contributed by atoms with Crippen molar-refractivity contribution >= 4 is 22.5 Å². The first-order chi connectivity index (χ1) is 7.91. The number of hydrogen-bond acceptors (Lipinski definition) is 2. The van der Waals surface area contributed by atoms with Crippen LogP contribution in [0.25, 0.3) is 10.9 Å². The molecule has 0 spiro atoms. The molecule has 17 heavy (non-hydrogen) atoms. The molecule has 0 bridgehead atoms. The van der Waals surface area contributed by atoms with Crippen LogP contribution in [-0.2, 0) is 6.18 Å². The molecule has 2 nitrogen and oxygen atoms in total. The van der Waals surface area contributed by atoms with E-state index in [4.69, 9.17) is 16.3 Å². The van der Waals surface area contributed by atoms with Crippen molar-refractivity contribution in [2.75, 3.05) is 7.11 Å². The van der Waals surface area contributed by atoms with Gasteiger partial charge < -0.3 is 4.74 Å². The summed E-state index contributed by atoms with van der Waals surface area (Å²) in [5.74, 6) is 0.124. The molecule has 2 aromatic rings. The number of benzene rings is 1. The lowest BCUT2D eigenvalue weighted by molar-refractivity contribution is -0.141. The van der Waals surface area contributed by atoms with Crippen molar-refractivity contribution in [3.05, 3.63) is 35.0 Å². The monoisotopic (exact) mass is 261 g/mol. The number of halogens is 4. The number of alkyl halides is 3. The predicted molar refractivity (Wildman–Crippen MR) is 58.3 cm³/mol. The van der Waals surface area contributed by atoms with Crippen LogP contribution in [0.2, 0.25) is 5.02 Å². The van der Waals surface area contributed by atoms with E-state index in [0.717, 1.165) is 6.07 Å². The number of fused-ring (bicyclic) bond motifs is 1. The maximum absolute atomic E-state index is 12.6. The maximum Gasteiger partial charge on any atom is 0.433 e. The Labute approximate surface area is 100.0 Å². The molecule has 0 N–H and O–H groups in total. The normalized spacial score (nSPS) is 11.8. The number of ether oxygens (including phenoxy) is 1. The third kappa shape index (κ3) is 2.29. The summed E-state index contributed by atoms with van der Waals surface area (Å²) in [7, 11) is 1.31. The van der Waals surface area contributed by atoms with Gasteiger partial charge in [-0.3, -0.25) is 0 Å². The second-order valence-electron chi connectivity index (χ2n) is 3.37. The zero-order valence-corrected chi connectivity index (χ0v) is 9.43. The largest absolute Gasteiger partial charge is 0.496 e. The average molecular weight is 262 g/mol. The van der Waals surface area contributed by atoms with Gasteiger partial charge in [-0.2, -0.15) is 13.2 Å². The molecule has 1 aromatic heterocycles. The van der Waals surface area contributed by atoms with Crippen molar-refractivity contribution in [3.8, 4) is 5.75 Å². The lowest BCUT2D eigenvalue weighted by atomic mass is 10.2. The number of methoxy groups -OCH3 is 1. The minimum atomic E-state index is -4.51. The molecule has 0 aliphatic rings. The summed E-state index contributed by atoms with van der Waals surface area (Å²) in [6.07, 6.45) is -4.51. The van der Waals surface area contributed by atoms with Crippen molar-refractivity contribution in [3.63, 3.8) is 0 Å². The van der Waals surface area contributed by atoms with Crippen LogP contribution in [0.4, 0.5) is 13.2 Å². The summed E-state index contributed by atoms with van der Waals surface area (Å²) in [6.45, 7) is 0. The van der Waals surface area contributed by atoms with E-state index in [0.29, 0.717) is 10.4 Å². The summed E-state index contributed by atoms with van der Waals surface area (Å²) in [4.78, 5) is 3.53. The molecule has 0 saturated heterocycles. The van der Waals surface area contributed by atoms with E-state index < -0.39 is 11.9 Å². The first kappa shape index (κ1) is 12.0. The highest BCUT2D eigenvalue weighted by Crippen LogP contribution is 2.34. The number of nitrogens with zero attached hydrogens (tertiary/aromatic N) is 1. The van der Waals surface area contributed by atoms with E-state index >= 15 is 0 Å². The third-order valence-corrected chi connectivity index (χ3v) is 2.48. The standard InChI is InChI=1S/C11H7ClF3NO/c1-17-9-5-10(11(13,14)15)16-8-4-6(12)2-3-7(8)9/h2-5H,1H3. The van der Waals surface area contributed by atoms with E-state index in [1.165, 1.54) is 13.2 Å². The van der Waals surface area contributed by atoms with E-state index in [9.17, 15) is 13.2 Å². The molecule has 2 rings (SSSR count). The number of rotatable bonds is 1. The van der Waals surface area contributed by atoms with Crippen LogP contribution in [-0.4, -0.2) is 12.1 Å². The van der Waals surface area contributed by atoms with Gasteiger partial charge in [-0.25, -0.2) is 4.98 Å². The van der Waals surface area contributed by atoms with Crippen molar-refractivity contribution in [1.29, 1.82) is 0 Å². The predicted octanol–water partition coefficient (Wildman–Crippen LogP) is 3.92. The minimum absolute atomic E-state index is 0.124. The van der Waals surface area contributed by atoms with Gasteiger partial charge in [-0.1, -0.05) is 11.6 Å². The number of pyridine rings is 1. The molecular formula is C11H7ClF3NO. The molecule has 0 aliphatic heterocycles. The first-order valence-corrected chi connectivity index (χ1v) is 5.01. The Hall–Kier alpha value is -1.49. The van der Waals surface area contributed by atoms with Crippen LogP contribution < -0.4 is 4.74 Å². The highest BCUT2D eigenvalue weighted by atomic mass is 35.5. The molecule has 0 saturated carbocycles. The summed E-state index contributed by atoms with van der Waals surface area (Å²) in [5.41, 5.74) is -0.840. The van der Waals surface area contributed by atoms with Gasteiger partial charge >= 0.3 is 6.18 Å². The summed E-state index contributed by atoms with van der Waals surface area (Å²) in [6, 6.07) is 5.38. The smallest absolute Gasteiger partial charge is 0.433 e. The molecule has 0 fully saturated rings. The molecule has 0 radical (unpaired) electrons. The van der Waals surface area contributed by atoms with Crippen LogP contribution >= 0.6 is 11.6 Å². The summed E-state index contributed by atoms with van der Waals surface area (Å²) < 4.78 is 42.7. The molecule has 90 valence electrons. The van der Waals surface area contributed by atoms with Crippen molar-refractivity contribution in [1.82, 2.24) is 4.98 Å². The fourth-order valence-electron chi connectivity index (χ4n) is 1.48. The van der Waals surface area contributed by atoms with E-state index in [1.807, 2.05) is 0 Å². The fourth-order valence-corrected chi connectivity index (χ4v) is 1.65. The number of aromatic nitrogens is 1. The van der Waals surface area contributed by atoms with Crippen molar-refractivity contribution in [2.24, 2.45) is 0 Å². The fraction of sp³-hybridized carbons (Fsp3) is 0.182. The molecule has 0 aliphatic carbocycles. The highest BCUT2D eigenvalue weighted by molar-refractivity contribution is 6.31. The molecule has 0 amide bonds. The van der Waals surface area contributed by atoms with Gasteiger partial charge in [0.2, 0.25) is 0 Å². The van der Waals surface area contributed by atoms with Crippen LogP contribution in [0.15, 0.2) is 24.3 Å². The quantitative estimate of drug-likeness (QED) is 0.776. The lowest BCUT2D eigenvalue weighted by Gasteiger charge is -2.10. The van der Waals surface area contributed by atoms with Gasteiger partial charge in [-0.15, -0.1) is 0 Å². The van der Waals surface area contributed by atoms with Gasteiger partial charge in [0, 0.05) is 16.5 Å². The molecule has 0 unspecified atom stereocenters. The first-order valence-electron chi connectivity index (χ1n) is 4.63. The van der Waals surface area contributed by atoms with Gasteiger partial charge in [0.05, 0.1) is 12.6 Å². The van der Waals surface area contributed by atoms with Gasteiger partial charge in [-0.05, 0) is 18.2 Å². The topological polar surface area (TPSA) is 22.1 Å². The van der Waals surface area contributed by atoms with Crippen LogP contribution in [0.1, 0.15) is 5.69 Å². The van der Waals surface area contributed by atoms with E-state index in [2.05, 4.69) is 4.98 Å². The zero-order valence-electron chi connectivity index (χ0n) is 8.68. The summed E-state index contributed by atoms with van der Waals surface area (Å²) >= 11 is 5.72. The second-order valence-corrected chi connectivity index (χ2v) is 3.81. The summed E-state index contributed by atoms with van der Waals surface area (Å²) in [5, 5.41) is 0.816. The van der Waals surface area contributed by atoms with Crippen LogP contribution in [0.3, 0.4) is 0 Å². The van der Waals surface area contributed by atoms with Gasteiger partial charge in [0.15, 0.2) is 0 Å². The highest BCUT2D eigenvalue weighted by Gasteiger charge is 2.33. The van der Waals surface area contributed by atoms with Crippen molar-refractivity contribution in [2.45, 2.75) is 6.18 Å². The Morgan fingerprint density at radius 2 is 1.94 bits per heavy atom. The minimum Gasteiger partial charge on any atom is -0.496 e. The number of hydrogen-bond donors (Lipinski definition) is 0. The Morgan fingerprint density at radius 3 is 2.53 bits per heavy atom. The Bertz CT molecular complexity index is 568. The molecule has 0 atom stereocenters. The van der Waals surface area contributed by atoms with Gasteiger partial charge in [0.25, 0.3) is 0 Å². The Balaban J connectivity index is 2.76. The second kappa shape index (κ2) is 4.07. The van der Waals surface area contributed by atoms with E-state index in [-0.39, 0.29) is 11.3 Å². The van der Waals surface area contributed by atoms with Crippen LogP contribution in [0.5, 0.6) is 5.75 Å². The average Bonchev–Trinajstić information content (AvgIpc) is 2.25. The SMILES string of the molecule is COc1cc(C(F)(F)F)nc2cc(Cl)ccc12. The van der Waals surface area contributed by atoms with E-state index in [1.54, 1.807) is 12.1 Å². The molecule has 1 aromatic carbocycles. The maximum atomic E-state index is 12.6. The Kier molecular flexibility index (Phi) is 2.87. The molecule has 6 heteroatoms. The van der Waals surface area contributed by atoms with Gasteiger partial charge in [0.1, 0.15) is 11.4 Å². The van der Waals surface area contributed by atoms with Crippen molar-refractivity contribution < 1.29 is 17.9 Å². The van der Waals surface area contributed by atoms with Crippen LogP contribution in [0, 0.1) is 0 Å².